The minimum absolute atomic E-state index is 0.00218. The molecule has 2 amide bonds. The lowest BCUT2D eigenvalue weighted by Gasteiger charge is -2.23. The fraction of sp³-hybridized carbons (Fsp3) is 0.579. The molecular formula is C19H27N3O4S2. The van der Waals surface area contributed by atoms with Crippen molar-refractivity contribution >= 4 is 39.3 Å². The van der Waals surface area contributed by atoms with Crippen LogP contribution in [0.5, 0.6) is 0 Å². The van der Waals surface area contributed by atoms with Gasteiger partial charge in [-0.05, 0) is 43.0 Å². The minimum Gasteiger partial charge on any atom is -0.354 e. The maximum absolute atomic E-state index is 13.2. The number of hydrogen-bond acceptors (Lipinski definition) is 5. The van der Waals surface area contributed by atoms with Crippen LogP contribution in [-0.4, -0.2) is 54.8 Å². The standard InChI is InChI=1S/C19H27N3O4S2/c1-12(2)9-20-19(24)18-10-27-11-21(18)28(25,26)16-5-6-17-15(8-16)7-13(3)22(17)14(4)23/h5-6,8,12-13,18H,7,9-11H2,1-4H3,(H,20,24). The van der Waals surface area contributed by atoms with E-state index in [1.165, 1.54) is 29.1 Å². The molecule has 2 aliphatic heterocycles. The second kappa shape index (κ2) is 8.04. The van der Waals surface area contributed by atoms with E-state index < -0.39 is 16.1 Å². The number of benzene rings is 1. The Hall–Kier alpha value is -1.58. The van der Waals surface area contributed by atoms with Crippen LogP contribution in [0.3, 0.4) is 0 Å². The van der Waals surface area contributed by atoms with Gasteiger partial charge in [-0.1, -0.05) is 13.8 Å². The summed E-state index contributed by atoms with van der Waals surface area (Å²) in [4.78, 5) is 26.3. The van der Waals surface area contributed by atoms with Gasteiger partial charge in [-0.25, -0.2) is 8.42 Å². The lowest BCUT2D eigenvalue weighted by atomic mass is 10.1. The van der Waals surface area contributed by atoms with E-state index in [-0.39, 0.29) is 28.6 Å². The molecule has 7 nitrogen and oxygen atoms in total. The molecule has 1 saturated heterocycles. The molecule has 1 aromatic rings. The molecule has 154 valence electrons. The Bertz CT molecular complexity index is 885. The Morgan fingerprint density at radius 1 is 1.32 bits per heavy atom. The van der Waals surface area contributed by atoms with Crippen LogP contribution in [0.25, 0.3) is 0 Å². The first kappa shape index (κ1) is 21.1. The van der Waals surface area contributed by atoms with Crippen LogP contribution in [0.15, 0.2) is 23.1 Å². The summed E-state index contributed by atoms with van der Waals surface area (Å²) in [6.45, 7) is 7.97. The number of carbonyl (C=O) groups is 2. The molecule has 0 aromatic heterocycles. The first-order chi connectivity index (χ1) is 13.1. The number of amides is 2. The van der Waals surface area contributed by atoms with Crippen LogP contribution in [0.4, 0.5) is 5.69 Å². The van der Waals surface area contributed by atoms with E-state index in [0.29, 0.717) is 24.6 Å². The van der Waals surface area contributed by atoms with Gasteiger partial charge in [-0.2, -0.15) is 4.31 Å². The van der Waals surface area contributed by atoms with Crippen LogP contribution in [0.2, 0.25) is 0 Å². The molecule has 0 saturated carbocycles. The normalized spacial score (nSPS) is 22.5. The largest absolute Gasteiger partial charge is 0.354 e. The molecule has 3 rings (SSSR count). The van der Waals surface area contributed by atoms with E-state index >= 15 is 0 Å². The zero-order valence-corrected chi connectivity index (χ0v) is 18.3. The topological polar surface area (TPSA) is 86.8 Å². The summed E-state index contributed by atoms with van der Waals surface area (Å²) >= 11 is 1.44. The summed E-state index contributed by atoms with van der Waals surface area (Å²) in [6.07, 6.45) is 0.616. The van der Waals surface area contributed by atoms with Crippen molar-refractivity contribution in [2.24, 2.45) is 5.92 Å². The number of thioether (sulfide) groups is 1. The second-order valence-electron chi connectivity index (χ2n) is 7.78. The molecule has 2 heterocycles. The molecule has 2 atom stereocenters. The molecule has 0 bridgehead atoms. The summed E-state index contributed by atoms with van der Waals surface area (Å²) in [5.41, 5.74) is 1.61. The molecule has 0 aliphatic carbocycles. The monoisotopic (exact) mass is 425 g/mol. The van der Waals surface area contributed by atoms with E-state index in [1.54, 1.807) is 17.0 Å². The number of anilines is 1. The Morgan fingerprint density at radius 2 is 2.04 bits per heavy atom. The molecule has 2 aliphatic rings. The van der Waals surface area contributed by atoms with Crippen LogP contribution in [-0.2, 0) is 26.0 Å². The third kappa shape index (κ3) is 3.92. The van der Waals surface area contributed by atoms with E-state index in [0.717, 1.165) is 11.3 Å². The summed E-state index contributed by atoms with van der Waals surface area (Å²) < 4.78 is 27.8. The molecule has 1 N–H and O–H groups in total. The molecule has 28 heavy (non-hydrogen) atoms. The Morgan fingerprint density at radius 3 is 2.68 bits per heavy atom. The van der Waals surface area contributed by atoms with Gasteiger partial charge in [0.1, 0.15) is 6.04 Å². The number of nitrogens with zero attached hydrogens (tertiary/aromatic N) is 2. The Kier molecular flexibility index (Phi) is 6.07. The lowest BCUT2D eigenvalue weighted by Crippen LogP contribution is -2.47. The van der Waals surface area contributed by atoms with Gasteiger partial charge < -0.3 is 10.2 Å². The van der Waals surface area contributed by atoms with Gasteiger partial charge in [0, 0.05) is 31.0 Å². The average molecular weight is 426 g/mol. The van der Waals surface area contributed by atoms with Gasteiger partial charge in [0.25, 0.3) is 0 Å². The molecule has 1 aromatic carbocycles. The smallest absolute Gasteiger partial charge is 0.244 e. The van der Waals surface area contributed by atoms with E-state index in [9.17, 15) is 18.0 Å². The van der Waals surface area contributed by atoms with Crippen molar-refractivity contribution in [1.82, 2.24) is 9.62 Å². The molecule has 2 unspecified atom stereocenters. The average Bonchev–Trinajstić information content (AvgIpc) is 3.22. The molecule has 9 heteroatoms. The van der Waals surface area contributed by atoms with E-state index in [4.69, 9.17) is 0 Å². The summed E-state index contributed by atoms with van der Waals surface area (Å²) in [7, 11) is -3.80. The first-order valence-corrected chi connectivity index (χ1v) is 12.0. The van der Waals surface area contributed by atoms with Crippen molar-refractivity contribution in [2.45, 2.75) is 51.1 Å². The van der Waals surface area contributed by atoms with Gasteiger partial charge in [0.2, 0.25) is 21.8 Å². The Balaban J connectivity index is 1.86. The fourth-order valence-corrected chi connectivity index (χ4v) is 6.88. The summed E-state index contributed by atoms with van der Waals surface area (Å²) in [6, 6.07) is 4.19. The number of fused-ring (bicyclic) bond motifs is 1. The highest BCUT2D eigenvalue weighted by Crippen LogP contribution is 2.36. The molecule has 1 fully saturated rings. The third-order valence-corrected chi connectivity index (χ3v) is 8.07. The Labute approximate surface area is 170 Å². The van der Waals surface area contributed by atoms with Crippen molar-refractivity contribution in [3.63, 3.8) is 0 Å². The van der Waals surface area contributed by atoms with Crippen LogP contribution >= 0.6 is 11.8 Å². The van der Waals surface area contributed by atoms with Crippen molar-refractivity contribution in [1.29, 1.82) is 0 Å². The highest BCUT2D eigenvalue weighted by molar-refractivity contribution is 8.00. The maximum atomic E-state index is 13.2. The molecular weight excluding hydrogens is 398 g/mol. The number of hydrogen-bond donors (Lipinski definition) is 1. The van der Waals surface area contributed by atoms with Crippen molar-refractivity contribution in [2.75, 3.05) is 23.1 Å². The van der Waals surface area contributed by atoms with Gasteiger partial charge in [0.05, 0.1) is 10.8 Å². The first-order valence-electron chi connectivity index (χ1n) is 9.43. The second-order valence-corrected chi connectivity index (χ2v) is 10.7. The predicted octanol–water partition coefficient (Wildman–Crippen LogP) is 1.82. The zero-order valence-electron chi connectivity index (χ0n) is 16.6. The third-order valence-electron chi connectivity index (χ3n) is 5.04. The van der Waals surface area contributed by atoms with E-state index in [1.807, 2.05) is 20.8 Å². The lowest BCUT2D eigenvalue weighted by molar-refractivity contribution is -0.124. The maximum Gasteiger partial charge on any atom is 0.244 e. The number of rotatable bonds is 5. The number of nitrogens with one attached hydrogen (secondary N) is 1. The predicted molar refractivity (Wildman–Crippen MR) is 111 cm³/mol. The summed E-state index contributed by atoms with van der Waals surface area (Å²) in [5.74, 6) is 0.698. The quantitative estimate of drug-likeness (QED) is 0.778. The zero-order chi connectivity index (χ0) is 20.6. The number of sulfonamides is 1. The van der Waals surface area contributed by atoms with Crippen molar-refractivity contribution < 1.29 is 18.0 Å². The highest BCUT2D eigenvalue weighted by atomic mass is 32.2. The molecule has 0 spiro atoms. The van der Waals surface area contributed by atoms with Crippen LogP contribution in [0, 0.1) is 5.92 Å². The fourth-order valence-electron chi connectivity index (χ4n) is 3.68. The highest BCUT2D eigenvalue weighted by Gasteiger charge is 2.40. The molecule has 0 radical (unpaired) electrons. The van der Waals surface area contributed by atoms with Crippen molar-refractivity contribution in [3.05, 3.63) is 23.8 Å². The van der Waals surface area contributed by atoms with Gasteiger partial charge in [0.15, 0.2) is 0 Å². The van der Waals surface area contributed by atoms with E-state index in [2.05, 4.69) is 5.32 Å². The SMILES string of the molecule is CC(=O)N1c2ccc(S(=O)(=O)N3CSCC3C(=O)NCC(C)C)cc2CC1C. The van der Waals surface area contributed by atoms with Crippen LogP contribution in [0.1, 0.15) is 33.3 Å². The summed E-state index contributed by atoms with van der Waals surface area (Å²) in [5, 5.41) is 2.84. The number of carbonyl (C=O) groups excluding carboxylic acids is 2. The van der Waals surface area contributed by atoms with Crippen molar-refractivity contribution in [3.8, 4) is 0 Å². The van der Waals surface area contributed by atoms with Gasteiger partial charge in [-0.3, -0.25) is 9.59 Å². The van der Waals surface area contributed by atoms with Gasteiger partial charge in [-0.15, -0.1) is 11.8 Å². The minimum atomic E-state index is -3.80. The van der Waals surface area contributed by atoms with Crippen LogP contribution < -0.4 is 10.2 Å². The van der Waals surface area contributed by atoms with Gasteiger partial charge >= 0.3 is 0 Å².